The molecule has 6 rings (SSSR count). The lowest BCUT2D eigenvalue weighted by Gasteiger charge is -2.28. The first kappa shape index (κ1) is 29.2. The van der Waals surface area contributed by atoms with E-state index in [9.17, 15) is 15.0 Å². The van der Waals surface area contributed by atoms with E-state index >= 15 is 0 Å². The summed E-state index contributed by atoms with van der Waals surface area (Å²) in [4.78, 5) is 13.8. The predicted octanol–water partition coefficient (Wildman–Crippen LogP) is 0.616. The van der Waals surface area contributed by atoms with Gasteiger partial charge in [0.25, 0.3) is 0 Å². The van der Waals surface area contributed by atoms with Crippen LogP contribution in [-0.4, -0.2) is 107 Å². The molecule has 13 heteroatoms. The second-order valence-electron chi connectivity index (χ2n) is 12.2. The summed E-state index contributed by atoms with van der Waals surface area (Å²) in [6.07, 6.45) is -7.39. The number of hydrogen-bond donors (Lipinski definition) is 2. The molecular formula is C28H40N2O11. The normalized spacial score (nSPS) is 37.0. The Morgan fingerprint density at radius 2 is 1.27 bits per heavy atom. The molecule has 0 saturated carbocycles. The van der Waals surface area contributed by atoms with Gasteiger partial charge >= 0.3 is 5.69 Å². The summed E-state index contributed by atoms with van der Waals surface area (Å²) in [6.45, 7) is 8.93. The van der Waals surface area contributed by atoms with Crippen molar-refractivity contribution in [2.24, 2.45) is 0 Å². The van der Waals surface area contributed by atoms with Crippen LogP contribution >= 0.6 is 0 Å². The van der Waals surface area contributed by atoms with Gasteiger partial charge in [-0.3, -0.25) is 9.13 Å². The summed E-state index contributed by atoms with van der Waals surface area (Å²) in [5.41, 5.74) is 1.76. The number of hydrogen-bond acceptors (Lipinski definition) is 11. The molecule has 4 aliphatic rings. The van der Waals surface area contributed by atoms with Gasteiger partial charge in [-0.1, -0.05) is 6.07 Å². The van der Waals surface area contributed by atoms with Crippen molar-refractivity contribution in [3.05, 3.63) is 34.2 Å². The molecule has 41 heavy (non-hydrogen) atoms. The highest BCUT2D eigenvalue weighted by Gasteiger charge is 2.58. The number of imidazole rings is 1. The highest BCUT2D eigenvalue weighted by Crippen LogP contribution is 2.41. The molecule has 4 saturated heterocycles. The number of aliphatic hydroxyl groups is 2. The molecule has 0 amide bonds. The first-order chi connectivity index (χ1) is 19.3. The Kier molecular flexibility index (Phi) is 7.38. The Hall–Kier alpha value is -1.91. The van der Waals surface area contributed by atoms with E-state index in [0.29, 0.717) is 11.0 Å². The third kappa shape index (κ3) is 5.05. The zero-order chi connectivity index (χ0) is 29.4. The summed E-state index contributed by atoms with van der Waals surface area (Å²) in [7, 11) is 3.05. The number of aliphatic hydroxyl groups excluding tert-OH is 2. The lowest BCUT2D eigenvalue weighted by Crippen LogP contribution is -2.46. The fraction of sp³-hybridized carbons (Fsp3) is 0.750. The zero-order valence-corrected chi connectivity index (χ0v) is 24.4. The maximum atomic E-state index is 13.8. The molecule has 0 spiro atoms. The minimum Gasteiger partial charge on any atom is -0.388 e. The Morgan fingerprint density at radius 1 is 0.805 bits per heavy atom. The summed E-state index contributed by atoms with van der Waals surface area (Å²) in [6, 6.07) is 5.59. The van der Waals surface area contributed by atoms with Crippen molar-refractivity contribution in [1.29, 1.82) is 0 Å². The van der Waals surface area contributed by atoms with Crippen molar-refractivity contribution in [2.45, 2.75) is 121 Å². The molecule has 228 valence electrons. The molecule has 1 aromatic heterocycles. The molecular weight excluding hydrogens is 540 g/mol. The number of methoxy groups -OCH3 is 2. The van der Waals surface area contributed by atoms with Crippen LogP contribution in [0.4, 0.5) is 0 Å². The van der Waals surface area contributed by atoms with Crippen molar-refractivity contribution in [3.8, 4) is 0 Å². The SMILES string of the molecule is CO[C@@H]1[C@H]2OC(C)(C)O[C@H]2O[C@@H]1C(O)Cn1c(=O)n(CC(O)[C@H]2OC3OC(C)(C)OC3[C@H]2OC)c2ccc(C)cc21. The van der Waals surface area contributed by atoms with Crippen molar-refractivity contribution >= 4 is 11.0 Å². The van der Waals surface area contributed by atoms with E-state index in [-0.39, 0.29) is 13.1 Å². The number of rotatable bonds is 8. The van der Waals surface area contributed by atoms with Gasteiger partial charge in [0.2, 0.25) is 0 Å². The molecule has 5 heterocycles. The van der Waals surface area contributed by atoms with E-state index in [0.717, 1.165) is 5.56 Å². The Balaban J connectivity index is 1.25. The van der Waals surface area contributed by atoms with Crippen LogP contribution in [0.1, 0.15) is 33.3 Å². The maximum Gasteiger partial charge on any atom is 0.329 e. The molecule has 13 nitrogen and oxygen atoms in total. The van der Waals surface area contributed by atoms with Crippen molar-refractivity contribution < 1.29 is 48.1 Å². The van der Waals surface area contributed by atoms with Gasteiger partial charge < -0.3 is 48.1 Å². The summed E-state index contributed by atoms with van der Waals surface area (Å²) in [5.74, 6) is -1.66. The van der Waals surface area contributed by atoms with Crippen LogP contribution in [-0.2, 0) is 51.0 Å². The van der Waals surface area contributed by atoms with Crippen molar-refractivity contribution in [3.63, 3.8) is 0 Å². The summed E-state index contributed by atoms with van der Waals surface area (Å²) < 4.78 is 49.8. The van der Waals surface area contributed by atoms with Gasteiger partial charge in [0.1, 0.15) is 48.8 Å². The third-order valence-electron chi connectivity index (χ3n) is 8.27. The smallest absolute Gasteiger partial charge is 0.329 e. The Morgan fingerprint density at radius 3 is 1.73 bits per heavy atom. The van der Waals surface area contributed by atoms with Crippen LogP contribution in [0, 0.1) is 6.92 Å². The fourth-order valence-electron chi connectivity index (χ4n) is 6.53. The van der Waals surface area contributed by atoms with Gasteiger partial charge in [0, 0.05) is 14.2 Å². The average molecular weight is 581 g/mol. The molecule has 0 bridgehead atoms. The van der Waals surface area contributed by atoms with E-state index in [1.165, 1.54) is 23.4 Å². The standard InChI is InChI=1S/C28H40N2O11/c1-13-8-9-14-15(10-13)30(12-17(32)19-21(35-7)23-25(37-19)41-28(4,5)39-23)26(33)29(14)11-16(31)18-20(34-6)22-24(36-18)40-27(2,3)38-22/h8-10,16-25,31-32H,11-12H2,1-7H3/t16?,17?,18-,19-,20+,21+,22?,23-,24?,25-/m1/s1. The van der Waals surface area contributed by atoms with Crippen LogP contribution in [0.3, 0.4) is 0 Å². The number of ether oxygens (including phenoxy) is 8. The maximum absolute atomic E-state index is 13.8. The number of nitrogens with zero attached hydrogens (tertiary/aromatic N) is 2. The number of aromatic nitrogens is 2. The summed E-state index contributed by atoms with van der Waals surface area (Å²) >= 11 is 0. The van der Waals surface area contributed by atoms with Crippen LogP contribution in [0.5, 0.6) is 0 Å². The van der Waals surface area contributed by atoms with Crippen LogP contribution in [0.2, 0.25) is 0 Å². The van der Waals surface area contributed by atoms with Crippen LogP contribution in [0.15, 0.2) is 23.0 Å². The minimum atomic E-state index is -1.11. The van der Waals surface area contributed by atoms with Crippen LogP contribution < -0.4 is 5.69 Å². The van der Waals surface area contributed by atoms with E-state index in [1.54, 1.807) is 27.7 Å². The monoisotopic (exact) mass is 580 g/mol. The largest absolute Gasteiger partial charge is 0.388 e. The lowest BCUT2D eigenvalue weighted by molar-refractivity contribution is -0.228. The first-order valence-electron chi connectivity index (χ1n) is 14.0. The molecule has 2 aromatic rings. The molecule has 1 aromatic carbocycles. The molecule has 4 aliphatic heterocycles. The number of benzene rings is 1. The third-order valence-corrected chi connectivity index (χ3v) is 8.27. The van der Waals surface area contributed by atoms with E-state index in [1.807, 2.05) is 25.1 Å². The number of fused-ring (bicyclic) bond motifs is 3. The lowest BCUT2D eigenvalue weighted by atomic mass is 10.1. The summed E-state index contributed by atoms with van der Waals surface area (Å²) in [5, 5.41) is 22.6. The van der Waals surface area contributed by atoms with E-state index in [2.05, 4.69) is 0 Å². The molecule has 0 radical (unpaired) electrons. The highest BCUT2D eigenvalue weighted by atomic mass is 16.9. The van der Waals surface area contributed by atoms with Gasteiger partial charge in [-0.25, -0.2) is 4.79 Å². The molecule has 0 aliphatic carbocycles. The second-order valence-corrected chi connectivity index (χ2v) is 12.2. The Labute approximate surface area is 237 Å². The predicted molar refractivity (Wildman–Crippen MR) is 142 cm³/mol. The Bertz CT molecular complexity index is 1340. The molecule has 10 atom stereocenters. The van der Waals surface area contributed by atoms with Crippen molar-refractivity contribution in [1.82, 2.24) is 9.13 Å². The topological polar surface area (TPSA) is 141 Å². The molecule has 4 unspecified atom stereocenters. The average Bonchev–Trinajstić information content (AvgIpc) is 3.63. The molecule has 4 fully saturated rings. The fourth-order valence-corrected chi connectivity index (χ4v) is 6.53. The number of aryl methyl sites for hydroxylation is 1. The minimum absolute atomic E-state index is 0.0726. The molecule has 2 N–H and O–H groups in total. The van der Waals surface area contributed by atoms with Crippen LogP contribution in [0.25, 0.3) is 11.0 Å². The van der Waals surface area contributed by atoms with Gasteiger partial charge in [-0.05, 0) is 52.3 Å². The van der Waals surface area contributed by atoms with Gasteiger partial charge in [0.15, 0.2) is 24.2 Å². The second kappa shape index (κ2) is 10.4. The zero-order valence-electron chi connectivity index (χ0n) is 24.4. The van der Waals surface area contributed by atoms with Gasteiger partial charge in [0.05, 0.1) is 24.1 Å². The highest BCUT2D eigenvalue weighted by molar-refractivity contribution is 5.77. The first-order valence-corrected chi connectivity index (χ1v) is 14.0. The van der Waals surface area contributed by atoms with E-state index in [4.69, 9.17) is 37.9 Å². The van der Waals surface area contributed by atoms with Gasteiger partial charge in [-0.2, -0.15) is 0 Å². The van der Waals surface area contributed by atoms with Gasteiger partial charge in [-0.15, -0.1) is 0 Å². The van der Waals surface area contributed by atoms with Crippen molar-refractivity contribution in [2.75, 3.05) is 14.2 Å². The van der Waals surface area contributed by atoms with E-state index < -0.39 is 78.7 Å². The quantitative estimate of drug-likeness (QED) is 0.454.